The molecule has 2 aromatic rings. The molecular weight excluding hydrogens is 334 g/mol. The minimum Gasteiger partial charge on any atom is -0.445 e. The lowest BCUT2D eigenvalue weighted by atomic mass is 9.95. The van der Waals surface area contributed by atoms with E-state index in [-0.39, 0.29) is 25.4 Å². The molecule has 2 atom stereocenters. The molecule has 0 spiro atoms. The summed E-state index contributed by atoms with van der Waals surface area (Å²) in [5.41, 5.74) is 1.97. The van der Waals surface area contributed by atoms with Gasteiger partial charge in [0.2, 0.25) is 0 Å². The predicted octanol–water partition coefficient (Wildman–Crippen LogP) is 2.14. The summed E-state index contributed by atoms with van der Waals surface area (Å²) in [6.07, 6.45) is -2.96. The van der Waals surface area contributed by atoms with Crippen LogP contribution in [-0.2, 0) is 22.6 Å². The lowest BCUT2D eigenvalue weighted by molar-refractivity contribution is -0.116. The number of hydrogen-bond acceptors (Lipinski definition) is 5. The number of alkyl carbamates (subject to hydrolysis) is 1. The van der Waals surface area contributed by atoms with Crippen LogP contribution < -0.4 is 5.32 Å². The van der Waals surface area contributed by atoms with Gasteiger partial charge in [0, 0.05) is 13.0 Å². The van der Waals surface area contributed by atoms with E-state index in [2.05, 4.69) is 5.32 Å². The van der Waals surface area contributed by atoms with Crippen molar-refractivity contribution in [3.05, 3.63) is 71.3 Å². The molecule has 0 radical (unpaired) electrons. The second-order valence-electron chi connectivity index (χ2n) is 6.03. The Labute approximate surface area is 152 Å². The number of ether oxygens (including phenoxy) is 1. The van der Waals surface area contributed by atoms with Crippen molar-refractivity contribution >= 4 is 11.9 Å². The van der Waals surface area contributed by atoms with Crippen molar-refractivity contribution < 1.29 is 24.5 Å². The molecule has 0 bridgehead atoms. The maximum Gasteiger partial charge on any atom is 0.407 e. The fourth-order valence-electron chi connectivity index (χ4n) is 2.53. The van der Waals surface area contributed by atoms with E-state index in [1.807, 2.05) is 30.3 Å². The molecule has 3 N–H and O–H groups in total. The molecule has 6 heteroatoms. The molecule has 2 rings (SSSR count). The Bertz CT molecular complexity index is 732. The third-order valence-electron chi connectivity index (χ3n) is 3.85. The van der Waals surface area contributed by atoms with Crippen LogP contribution in [0.2, 0.25) is 0 Å². The number of carbonyl (C=O) groups is 2. The summed E-state index contributed by atoms with van der Waals surface area (Å²) >= 11 is 0. The smallest absolute Gasteiger partial charge is 0.407 e. The number of Topliss-reactive ketones (excluding diaryl/α,β-unsaturated/α-hetero) is 1. The molecule has 0 aromatic heterocycles. The van der Waals surface area contributed by atoms with E-state index in [1.54, 1.807) is 24.3 Å². The van der Waals surface area contributed by atoms with E-state index in [9.17, 15) is 19.8 Å². The SMILES string of the molecule is CC(=O)Cc1ccccc1C(O)C(O)CNC(=O)OCc1ccccc1. The summed E-state index contributed by atoms with van der Waals surface area (Å²) in [6, 6.07) is 16.1. The maximum atomic E-state index is 11.7. The minimum atomic E-state index is -1.23. The molecule has 2 aromatic carbocycles. The summed E-state index contributed by atoms with van der Waals surface area (Å²) in [4.78, 5) is 23.1. The summed E-state index contributed by atoms with van der Waals surface area (Å²) in [7, 11) is 0. The fourth-order valence-corrected chi connectivity index (χ4v) is 2.53. The monoisotopic (exact) mass is 357 g/mol. The van der Waals surface area contributed by atoms with Crippen molar-refractivity contribution in [1.82, 2.24) is 5.32 Å². The zero-order valence-electron chi connectivity index (χ0n) is 14.6. The third-order valence-corrected chi connectivity index (χ3v) is 3.85. The highest BCUT2D eigenvalue weighted by Gasteiger charge is 2.22. The van der Waals surface area contributed by atoms with E-state index in [4.69, 9.17) is 4.74 Å². The normalized spacial score (nSPS) is 12.9. The number of amides is 1. The van der Waals surface area contributed by atoms with Crippen LogP contribution in [0.5, 0.6) is 0 Å². The molecule has 0 saturated carbocycles. The average Bonchev–Trinajstić information content (AvgIpc) is 2.64. The highest BCUT2D eigenvalue weighted by atomic mass is 16.5. The first-order valence-corrected chi connectivity index (χ1v) is 8.35. The minimum absolute atomic E-state index is 0.0400. The maximum absolute atomic E-state index is 11.7. The van der Waals surface area contributed by atoms with Crippen LogP contribution in [-0.4, -0.2) is 34.7 Å². The van der Waals surface area contributed by atoms with Gasteiger partial charge in [-0.3, -0.25) is 4.79 Å². The fraction of sp³-hybridized carbons (Fsp3) is 0.300. The van der Waals surface area contributed by atoms with Crippen LogP contribution in [0.1, 0.15) is 29.7 Å². The van der Waals surface area contributed by atoms with E-state index < -0.39 is 18.3 Å². The molecule has 0 heterocycles. The molecule has 6 nitrogen and oxygen atoms in total. The van der Waals surface area contributed by atoms with Crippen molar-refractivity contribution in [1.29, 1.82) is 0 Å². The van der Waals surface area contributed by atoms with Crippen molar-refractivity contribution in [3.8, 4) is 0 Å². The summed E-state index contributed by atoms with van der Waals surface area (Å²) in [6.45, 7) is 1.40. The molecule has 2 unspecified atom stereocenters. The van der Waals surface area contributed by atoms with Crippen molar-refractivity contribution in [2.24, 2.45) is 0 Å². The van der Waals surface area contributed by atoms with Crippen LogP contribution in [0, 0.1) is 0 Å². The van der Waals surface area contributed by atoms with Crippen LogP contribution in [0.4, 0.5) is 4.79 Å². The second kappa shape index (κ2) is 9.70. The molecule has 26 heavy (non-hydrogen) atoms. The number of hydrogen-bond donors (Lipinski definition) is 3. The van der Waals surface area contributed by atoms with Crippen LogP contribution >= 0.6 is 0 Å². The van der Waals surface area contributed by atoms with Crippen LogP contribution in [0.15, 0.2) is 54.6 Å². The van der Waals surface area contributed by atoms with E-state index in [0.717, 1.165) is 5.56 Å². The van der Waals surface area contributed by atoms with Gasteiger partial charge in [-0.2, -0.15) is 0 Å². The molecular formula is C20H23NO5. The van der Waals surface area contributed by atoms with Gasteiger partial charge < -0.3 is 20.3 Å². The lowest BCUT2D eigenvalue weighted by Gasteiger charge is -2.21. The third kappa shape index (κ3) is 5.98. The highest BCUT2D eigenvalue weighted by Crippen LogP contribution is 2.21. The number of rotatable bonds is 8. The first kappa shape index (κ1) is 19.6. The second-order valence-corrected chi connectivity index (χ2v) is 6.03. The van der Waals surface area contributed by atoms with Gasteiger partial charge in [-0.1, -0.05) is 54.6 Å². The predicted molar refractivity (Wildman–Crippen MR) is 96.4 cm³/mol. The zero-order chi connectivity index (χ0) is 18.9. The van der Waals surface area contributed by atoms with E-state index in [1.165, 1.54) is 6.92 Å². The molecule has 0 aliphatic carbocycles. The topological polar surface area (TPSA) is 95.9 Å². The number of nitrogens with one attached hydrogen (secondary N) is 1. The van der Waals surface area contributed by atoms with Gasteiger partial charge in [-0.05, 0) is 23.6 Å². The molecule has 0 saturated heterocycles. The Balaban J connectivity index is 1.86. The van der Waals surface area contributed by atoms with Gasteiger partial charge in [-0.15, -0.1) is 0 Å². The quantitative estimate of drug-likeness (QED) is 0.673. The lowest BCUT2D eigenvalue weighted by Crippen LogP contribution is -2.36. The van der Waals surface area contributed by atoms with Gasteiger partial charge in [0.05, 0.1) is 0 Å². The van der Waals surface area contributed by atoms with Gasteiger partial charge in [0.1, 0.15) is 24.6 Å². The zero-order valence-corrected chi connectivity index (χ0v) is 14.6. The molecule has 0 fully saturated rings. The first-order valence-electron chi connectivity index (χ1n) is 8.35. The first-order chi connectivity index (χ1) is 12.5. The van der Waals surface area contributed by atoms with E-state index in [0.29, 0.717) is 11.1 Å². The Kier molecular flexibility index (Phi) is 7.32. The Hall–Kier alpha value is -2.70. The Morgan fingerprint density at radius 1 is 1.04 bits per heavy atom. The van der Waals surface area contributed by atoms with Crippen molar-refractivity contribution in [2.75, 3.05) is 6.54 Å². The molecule has 1 amide bonds. The number of carbonyl (C=O) groups excluding carboxylic acids is 2. The molecule has 0 aliphatic rings. The number of aliphatic hydroxyl groups excluding tert-OH is 2. The summed E-state index contributed by atoms with van der Waals surface area (Å²) in [5, 5.41) is 22.9. The highest BCUT2D eigenvalue weighted by molar-refractivity contribution is 5.78. The summed E-state index contributed by atoms with van der Waals surface area (Å²) in [5.74, 6) is -0.0400. The molecule has 0 aliphatic heterocycles. The van der Waals surface area contributed by atoms with Crippen molar-refractivity contribution in [2.45, 2.75) is 32.2 Å². The Morgan fingerprint density at radius 2 is 1.69 bits per heavy atom. The Morgan fingerprint density at radius 3 is 2.38 bits per heavy atom. The van der Waals surface area contributed by atoms with Crippen LogP contribution in [0.3, 0.4) is 0 Å². The standard InChI is InChI=1S/C20H23NO5/c1-14(22)11-16-9-5-6-10-17(16)19(24)18(23)12-21-20(25)26-13-15-7-3-2-4-8-15/h2-10,18-19,23-24H,11-13H2,1H3,(H,21,25). The van der Waals surface area contributed by atoms with Gasteiger partial charge >= 0.3 is 6.09 Å². The van der Waals surface area contributed by atoms with E-state index >= 15 is 0 Å². The number of ketones is 1. The van der Waals surface area contributed by atoms with Gasteiger partial charge in [-0.25, -0.2) is 4.79 Å². The van der Waals surface area contributed by atoms with Crippen LogP contribution in [0.25, 0.3) is 0 Å². The van der Waals surface area contributed by atoms with Gasteiger partial charge in [0.15, 0.2) is 0 Å². The summed E-state index contributed by atoms with van der Waals surface area (Å²) < 4.78 is 5.05. The number of aliphatic hydroxyl groups is 2. The average molecular weight is 357 g/mol. The van der Waals surface area contributed by atoms with Crippen molar-refractivity contribution in [3.63, 3.8) is 0 Å². The molecule has 138 valence electrons. The number of benzene rings is 2. The largest absolute Gasteiger partial charge is 0.445 e. The van der Waals surface area contributed by atoms with Gasteiger partial charge in [0.25, 0.3) is 0 Å².